The van der Waals surface area contributed by atoms with Gasteiger partial charge in [0.1, 0.15) is 0 Å². The summed E-state index contributed by atoms with van der Waals surface area (Å²) in [7, 11) is 1.77. The van der Waals surface area contributed by atoms with Crippen LogP contribution in [0.15, 0.2) is 24.3 Å². The Kier molecular flexibility index (Phi) is 3.52. The second kappa shape index (κ2) is 5.46. The molecule has 1 fully saturated rings. The number of benzene rings is 1. The summed E-state index contributed by atoms with van der Waals surface area (Å²) in [5.41, 5.74) is 2.34. The highest BCUT2D eigenvalue weighted by atomic mass is 15.6. The molecule has 1 aliphatic heterocycles. The molecule has 1 N–H and O–H groups in total. The average molecular weight is 258 g/mol. The lowest BCUT2D eigenvalue weighted by Gasteiger charge is -2.27. The van der Waals surface area contributed by atoms with Crippen LogP contribution in [0.5, 0.6) is 0 Å². The van der Waals surface area contributed by atoms with Crippen molar-refractivity contribution >= 4 is 0 Å². The van der Waals surface area contributed by atoms with Crippen LogP contribution >= 0.6 is 0 Å². The molecule has 0 aliphatic carbocycles. The van der Waals surface area contributed by atoms with Gasteiger partial charge in [-0.2, -0.15) is 4.80 Å². The number of rotatable bonds is 3. The van der Waals surface area contributed by atoms with Crippen LogP contribution in [0.1, 0.15) is 5.56 Å². The van der Waals surface area contributed by atoms with E-state index in [4.69, 9.17) is 0 Å². The van der Waals surface area contributed by atoms with Crippen molar-refractivity contribution in [2.24, 2.45) is 7.05 Å². The Labute approximate surface area is 112 Å². The standard InChI is InChI=1S/C13H18N6/c1-18-16-13(15-17-18)12-4-2-11(3-5-12)10-19-8-6-14-7-9-19/h2-5,14H,6-10H2,1H3. The second-order valence-corrected chi connectivity index (χ2v) is 4.83. The fourth-order valence-electron chi connectivity index (χ4n) is 2.29. The van der Waals surface area contributed by atoms with E-state index in [-0.39, 0.29) is 0 Å². The van der Waals surface area contributed by atoms with Gasteiger partial charge in [0.25, 0.3) is 0 Å². The number of aryl methyl sites for hydroxylation is 1. The molecule has 3 rings (SSSR count). The molecule has 1 aromatic carbocycles. The van der Waals surface area contributed by atoms with Gasteiger partial charge in [-0.1, -0.05) is 24.3 Å². The first-order chi connectivity index (χ1) is 9.31. The first kappa shape index (κ1) is 12.3. The van der Waals surface area contributed by atoms with E-state index in [9.17, 15) is 0 Å². The third-order valence-electron chi connectivity index (χ3n) is 3.34. The lowest BCUT2D eigenvalue weighted by molar-refractivity contribution is 0.233. The molecule has 6 heteroatoms. The third kappa shape index (κ3) is 2.97. The first-order valence-corrected chi connectivity index (χ1v) is 6.58. The van der Waals surface area contributed by atoms with E-state index in [2.05, 4.69) is 49.9 Å². The van der Waals surface area contributed by atoms with Crippen LogP contribution in [-0.2, 0) is 13.6 Å². The maximum absolute atomic E-state index is 4.20. The zero-order chi connectivity index (χ0) is 13.1. The number of piperazine rings is 1. The molecular formula is C13H18N6. The van der Waals surface area contributed by atoms with Gasteiger partial charge >= 0.3 is 0 Å². The van der Waals surface area contributed by atoms with Crippen molar-refractivity contribution in [2.45, 2.75) is 6.54 Å². The van der Waals surface area contributed by atoms with Crippen LogP contribution in [0, 0.1) is 0 Å². The Morgan fingerprint density at radius 1 is 1.16 bits per heavy atom. The zero-order valence-corrected chi connectivity index (χ0v) is 11.1. The smallest absolute Gasteiger partial charge is 0.204 e. The molecule has 1 aliphatic rings. The van der Waals surface area contributed by atoms with Crippen LogP contribution in [0.25, 0.3) is 11.4 Å². The van der Waals surface area contributed by atoms with Crippen LogP contribution < -0.4 is 5.32 Å². The summed E-state index contributed by atoms with van der Waals surface area (Å²) in [6, 6.07) is 8.42. The van der Waals surface area contributed by atoms with Crippen molar-refractivity contribution < 1.29 is 0 Å². The molecule has 0 amide bonds. The summed E-state index contributed by atoms with van der Waals surface area (Å²) in [6.45, 7) is 5.42. The van der Waals surface area contributed by atoms with Crippen molar-refractivity contribution in [3.8, 4) is 11.4 Å². The molecule has 2 aromatic rings. The van der Waals surface area contributed by atoms with Gasteiger partial charge in [-0.25, -0.2) is 0 Å². The van der Waals surface area contributed by atoms with Crippen molar-refractivity contribution in [3.63, 3.8) is 0 Å². The van der Waals surface area contributed by atoms with E-state index in [0.29, 0.717) is 5.82 Å². The van der Waals surface area contributed by atoms with Gasteiger partial charge in [0, 0.05) is 38.3 Å². The Morgan fingerprint density at radius 3 is 2.53 bits per heavy atom. The molecule has 0 spiro atoms. The molecule has 0 bridgehead atoms. The molecule has 0 saturated carbocycles. The highest BCUT2D eigenvalue weighted by Gasteiger charge is 2.10. The zero-order valence-electron chi connectivity index (χ0n) is 11.1. The van der Waals surface area contributed by atoms with Crippen molar-refractivity contribution in [3.05, 3.63) is 29.8 Å². The number of hydrogen-bond donors (Lipinski definition) is 1. The molecule has 0 unspecified atom stereocenters. The van der Waals surface area contributed by atoms with Gasteiger partial charge in [0.15, 0.2) is 0 Å². The lowest BCUT2D eigenvalue weighted by Crippen LogP contribution is -2.42. The Morgan fingerprint density at radius 2 is 1.89 bits per heavy atom. The lowest BCUT2D eigenvalue weighted by atomic mass is 10.1. The van der Waals surface area contributed by atoms with Crippen molar-refractivity contribution in [2.75, 3.05) is 26.2 Å². The molecule has 2 heterocycles. The monoisotopic (exact) mass is 258 g/mol. The average Bonchev–Trinajstić information content (AvgIpc) is 2.87. The maximum atomic E-state index is 4.20. The molecule has 1 aromatic heterocycles. The quantitative estimate of drug-likeness (QED) is 0.857. The molecule has 0 atom stereocenters. The minimum Gasteiger partial charge on any atom is -0.314 e. The fraction of sp³-hybridized carbons (Fsp3) is 0.462. The third-order valence-corrected chi connectivity index (χ3v) is 3.34. The van der Waals surface area contributed by atoms with E-state index in [0.717, 1.165) is 38.3 Å². The second-order valence-electron chi connectivity index (χ2n) is 4.83. The highest BCUT2D eigenvalue weighted by molar-refractivity contribution is 5.54. The van der Waals surface area contributed by atoms with E-state index >= 15 is 0 Å². The fourth-order valence-corrected chi connectivity index (χ4v) is 2.29. The van der Waals surface area contributed by atoms with Crippen LogP contribution in [0.3, 0.4) is 0 Å². The van der Waals surface area contributed by atoms with E-state index in [1.807, 2.05) is 0 Å². The predicted molar refractivity (Wildman–Crippen MR) is 72.4 cm³/mol. The summed E-state index contributed by atoms with van der Waals surface area (Å²) in [5, 5.41) is 15.4. The molecule has 1 saturated heterocycles. The van der Waals surface area contributed by atoms with Gasteiger partial charge in [-0.15, -0.1) is 10.2 Å². The molecule has 100 valence electrons. The Bertz CT molecular complexity index is 526. The van der Waals surface area contributed by atoms with E-state index in [1.165, 1.54) is 10.4 Å². The van der Waals surface area contributed by atoms with E-state index < -0.39 is 0 Å². The summed E-state index contributed by atoms with van der Waals surface area (Å²) in [5.74, 6) is 0.677. The van der Waals surface area contributed by atoms with Crippen LogP contribution in [-0.4, -0.2) is 51.3 Å². The molecule has 6 nitrogen and oxygen atoms in total. The number of hydrogen-bond acceptors (Lipinski definition) is 5. The van der Waals surface area contributed by atoms with Crippen LogP contribution in [0.4, 0.5) is 0 Å². The van der Waals surface area contributed by atoms with Gasteiger partial charge in [-0.3, -0.25) is 4.90 Å². The summed E-state index contributed by atoms with van der Waals surface area (Å²) in [4.78, 5) is 3.94. The molecule has 0 radical (unpaired) electrons. The Hall–Kier alpha value is -1.79. The van der Waals surface area contributed by atoms with E-state index in [1.54, 1.807) is 7.05 Å². The maximum Gasteiger partial charge on any atom is 0.204 e. The highest BCUT2D eigenvalue weighted by Crippen LogP contribution is 2.15. The molecule has 19 heavy (non-hydrogen) atoms. The van der Waals surface area contributed by atoms with Crippen molar-refractivity contribution in [1.29, 1.82) is 0 Å². The molecular weight excluding hydrogens is 240 g/mol. The predicted octanol–water partition coefficient (Wildman–Crippen LogP) is 0.282. The topological polar surface area (TPSA) is 58.9 Å². The number of nitrogens with zero attached hydrogens (tertiary/aromatic N) is 5. The number of nitrogens with one attached hydrogen (secondary N) is 1. The van der Waals surface area contributed by atoms with Gasteiger partial charge < -0.3 is 5.32 Å². The number of aromatic nitrogens is 4. The van der Waals surface area contributed by atoms with Gasteiger partial charge in [-0.05, 0) is 10.8 Å². The minimum absolute atomic E-state index is 0.677. The number of tetrazole rings is 1. The largest absolute Gasteiger partial charge is 0.314 e. The normalized spacial score (nSPS) is 16.7. The van der Waals surface area contributed by atoms with Gasteiger partial charge in [0.05, 0.1) is 7.05 Å². The van der Waals surface area contributed by atoms with Gasteiger partial charge in [0.2, 0.25) is 5.82 Å². The van der Waals surface area contributed by atoms with Crippen LogP contribution in [0.2, 0.25) is 0 Å². The first-order valence-electron chi connectivity index (χ1n) is 6.58. The minimum atomic E-state index is 0.677. The SMILES string of the molecule is Cn1nnc(-c2ccc(CN3CCNCC3)cc2)n1. The van der Waals surface area contributed by atoms with Crippen molar-refractivity contribution in [1.82, 2.24) is 30.4 Å². The summed E-state index contributed by atoms with van der Waals surface area (Å²) >= 11 is 0. The summed E-state index contributed by atoms with van der Waals surface area (Å²) in [6.07, 6.45) is 0. The summed E-state index contributed by atoms with van der Waals surface area (Å²) < 4.78 is 0. The Balaban J connectivity index is 1.68.